The van der Waals surface area contributed by atoms with E-state index in [2.05, 4.69) is 4.98 Å². The zero-order valence-corrected chi connectivity index (χ0v) is 20.0. The van der Waals surface area contributed by atoms with Crippen LogP contribution < -0.4 is 16.1 Å². The van der Waals surface area contributed by atoms with E-state index < -0.39 is 11.2 Å². The van der Waals surface area contributed by atoms with Gasteiger partial charge in [-0.1, -0.05) is 29.5 Å². The number of carbonyl (C=O) groups excluding carboxylic acids is 1. The first kappa shape index (κ1) is 21.8. The number of aromatic nitrogens is 5. The standard InChI is InChI=1S/C24H22N6O3S/c1-14-9-10-16(11-15(14)2)30(23-26-17-7-5-6-8-18(17)34-23)19(31)12-29-13-25-21-20(29)22(32)28(4)24(33)27(21)3/h5-11,13H,12H2,1-4H3. The Morgan fingerprint density at radius 2 is 1.79 bits per heavy atom. The molecule has 34 heavy (non-hydrogen) atoms. The van der Waals surface area contributed by atoms with Crippen molar-refractivity contribution in [2.45, 2.75) is 20.4 Å². The van der Waals surface area contributed by atoms with Gasteiger partial charge in [-0.3, -0.25) is 23.6 Å². The van der Waals surface area contributed by atoms with E-state index in [-0.39, 0.29) is 23.6 Å². The molecule has 5 rings (SSSR count). The van der Waals surface area contributed by atoms with E-state index in [1.807, 2.05) is 56.3 Å². The lowest BCUT2D eigenvalue weighted by atomic mass is 10.1. The largest absolute Gasteiger partial charge is 0.332 e. The van der Waals surface area contributed by atoms with Gasteiger partial charge in [0.1, 0.15) is 6.54 Å². The average Bonchev–Trinajstić information content (AvgIpc) is 3.43. The summed E-state index contributed by atoms with van der Waals surface area (Å²) in [5.74, 6) is -0.280. The van der Waals surface area contributed by atoms with E-state index in [0.29, 0.717) is 10.8 Å². The lowest BCUT2D eigenvalue weighted by Gasteiger charge is -2.21. The van der Waals surface area contributed by atoms with Crippen LogP contribution in [0.2, 0.25) is 0 Å². The number of anilines is 2. The maximum Gasteiger partial charge on any atom is 0.332 e. The molecule has 0 unspecified atom stereocenters. The molecule has 1 amide bonds. The maximum atomic E-state index is 13.7. The Balaban J connectivity index is 1.64. The first-order valence-corrected chi connectivity index (χ1v) is 11.4. The van der Waals surface area contributed by atoms with Gasteiger partial charge >= 0.3 is 5.69 Å². The molecule has 3 heterocycles. The number of para-hydroxylation sites is 1. The number of aryl methyl sites for hydroxylation is 3. The Labute approximate surface area is 198 Å². The minimum atomic E-state index is -0.499. The molecule has 0 bridgehead atoms. The van der Waals surface area contributed by atoms with E-state index >= 15 is 0 Å². The fourth-order valence-electron chi connectivity index (χ4n) is 3.91. The summed E-state index contributed by atoms with van der Waals surface area (Å²) in [4.78, 5) is 49.3. The molecule has 0 spiro atoms. The van der Waals surface area contributed by atoms with Gasteiger partial charge in [-0.2, -0.15) is 0 Å². The van der Waals surface area contributed by atoms with E-state index in [1.165, 1.54) is 33.8 Å². The molecule has 0 aliphatic carbocycles. The zero-order chi connectivity index (χ0) is 24.1. The van der Waals surface area contributed by atoms with Crippen LogP contribution in [0.1, 0.15) is 11.1 Å². The van der Waals surface area contributed by atoms with Crippen molar-refractivity contribution in [3.63, 3.8) is 0 Å². The monoisotopic (exact) mass is 474 g/mol. The van der Waals surface area contributed by atoms with Gasteiger partial charge in [-0.05, 0) is 49.2 Å². The third-order valence-electron chi connectivity index (χ3n) is 5.99. The summed E-state index contributed by atoms with van der Waals surface area (Å²) in [5, 5.41) is 0.541. The molecule has 0 N–H and O–H groups in total. The van der Waals surface area contributed by atoms with Crippen molar-refractivity contribution in [3.05, 3.63) is 80.8 Å². The topological polar surface area (TPSA) is 95.0 Å². The van der Waals surface area contributed by atoms with Gasteiger partial charge < -0.3 is 4.57 Å². The number of hydrogen-bond donors (Lipinski definition) is 0. The molecule has 2 aromatic carbocycles. The minimum Gasteiger partial charge on any atom is -0.315 e. The molecule has 0 aliphatic heterocycles. The van der Waals surface area contributed by atoms with Crippen molar-refractivity contribution in [2.24, 2.45) is 14.1 Å². The van der Waals surface area contributed by atoms with Crippen molar-refractivity contribution in [3.8, 4) is 0 Å². The molecule has 3 aromatic heterocycles. The fourth-order valence-corrected chi connectivity index (χ4v) is 4.92. The van der Waals surface area contributed by atoms with E-state index in [4.69, 9.17) is 4.98 Å². The third kappa shape index (κ3) is 3.43. The molecule has 0 saturated heterocycles. The molecule has 10 heteroatoms. The molecule has 0 fully saturated rings. The molecule has 0 saturated carbocycles. The fraction of sp³-hybridized carbons (Fsp3) is 0.208. The van der Waals surface area contributed by atoms with Crippen molar-refractivity contribution in [1.82, 2.24) is 23.7 Å². The molecule has 5 aromatic rings. The first-order valence-electron chi connectivity index (χ1n) is 10.6. The highest BCUT2D eigenvalue weighted by Gasteiger charge is 2.24. The number of amides is 1. The van der Waals surface area contributed by atoms with Crippen LogP contribution in [0.3, 0.4) is 0 Å². The first-order chi connectivity index (χ1) is 16.3. The molecular formula is C24H22N6O3S. The Morgan fingerprint density at radius 1 is 1.03 bits per heavy atom. The summed E-state index contributed by atoms with van der Waals surface area (Å²) in [7, 11) is 2.96. The Morgan fingerprint density at radius 3 is 2.53 bits per heavy atom. The normalized spacial score (nSPS) is 11.4. The number of nitrogens with zero attached hydrogens (tertiary/aromatic N) is 6. The van der Waals surface area contributed by atoms with Crippen LogP contribution in [-0.4, -0.2) is 29.6 Å². The second-order valence-corrected chi connectivity index (χ2v) is 9.22. The number of imidazole rings is 1. The molecule has 0 radical (unpaired) electrons. The van der Waals surface area contributed by atoms with Gasteiger partial charge in [0.05, 0.1) is 22.2 Å². The number of rotatable bonds is 4. The summed E-state index contributed by atoms with van der Waals surface area (Å²) >= 11 is 1.42. The highest BCUT2D eigenvalue weighted by atomic mass is 32.1. The number of thiazole rings is 1. The summed E-state index contributed by atoms with van der Waals surface area (Å²) in [6.07, 6.45) is 1.42. The maximum absolute atomic E-state index is 13.7. The molecule has 9 nitrogen and oxygen atoms in total. The van der Waals surface area contributed by atoms with Gasteiger partial charge in [0.15, 0.2) is 16.3 Å². The van der Waals surface area contributed by atoms with E-state index in [0.717, 1.165) is 25.9 Å². The van der Waals surface area contributed by atoms with Crippen LogP contribution in [0.25, 0.3) is 21.4 Å². The minimum absolute atomic E-state index is 0.146. The second kappa shape index (κ2) is 8.07. The zero-order valence-electron chi connectivity index (χ0n) is 19.1. The smallest absolute Gasteiger partial charge is 0.315 e. The van der Waals surface area contributed by atoms with Crippen LogP contribution in [0, 0.1) is 13.8 Å². The third-order valence-corrected chi connectivity index (χ3v) is 7.02. The predicted molar refractivity (Wildman–Crippen MR) is 133 cm³/mol. The van der Waals surface area contributed by atoms with Crippen LogP contribution in [0.5, 0.6) is 0 Å². The predicted octanol–water partition coefficient (Wildman–Crippen LogP) is 3.03. The van der Waals surface area contributed by atoms with Crippen molar-refractivity contribution in [1.29, 1.82) is 0 Å². The van der Waals surface area contributed by atoms with Crippen LogP contribution in [0.15, 0.2) is 58.4 Å². The van der Waals surface area contributed by atoms with Gasteiger partial charge in [0.25, 0.3) is 11.5 Å². The Bertz CT molecular complexity index is 1670. The lowest BCUT2D eigenvalue weighted by Crippen LogP contribution is -2.38. The number of fused-ring (bicyclic) bond motifs is 2. The van der Waals surface area contributed by atoms with E-state index in [9.17, 15) is 14.4 Å². The van der Waals surface area contributed by atoms with Gasteiger partial charge in [-0.15, -0.1) is 0 Å². The quantitative estimate of drug-likeness (QED) is 0.399. The average molecular weight is 475 g/mol. The summed E-state index contributed by atoms with van der Waals surface area (Å²) in [6, 6.07) is 13.5. The summed E-state index contributed by atoms with van der Waals surface area (Å²) < 4.78 is 4.77. The van der Waals surface area contributed by atoms with Gasteiger partial charge in [0.2, 0.25) is 0 Å². The summed E-state index contributed by atoms with van der Waals surface area (Å²) in [5.41, 5.74) is 3.12. The number of hydrogen-bond acceptors (Lipinski definition) is 6. The van der Waals surface area contributed by atoms with Crippen molar-refractivity contribution >= 4 is 49.4 Å². The Hall–Kier alpha value is -4.05. The SMILES string of the molecule is Cc1ccc(N(C(=O)Cn2cnc3c2c(=O)n(C)c(=O)n3C)c2nc3ccccc3s2)cc1C. The van der Waals surface area contributed by atoms with E-state index in [1.54, 1.807) is 11.9 Å². The van der Waals surface area contributed by atoms with Crippen LogP contribution in [-0.2, 0) is 25.4 Å². The number of benzene rings is 2. The van der Waals surface area contributed by atoms with Crippen molar-refractivity contribution in [2.75, 3.05) is 4.90 Å². The molecular weight excluding hydrogens is 452 g/mol. The lowest BCUT2D eigenvalue weighted by molar-refractivity contribution is -0.118. The number of carbonyl (C=O) groups is 1. The molecule has 172 valence electrons. The van der Waals surface area contributed by atoms with Gasteiger partial charge in [-0.25, -0.2) is 14.8 Å². The second-order valence-electron chi connectivity index (χ2n) is 8.21. The van der Waals surface area contributed by atoms with Crippen molar-refractivity contribution < 1.29 is 4.79 Å². The highest BCUT2D eigenvalue weighted by Crippen LogP contribution is 2.34. The highest BCUT2D eigenvalue weighted by molar-refractivity contribution is 7.22. The molecule has 0 aliphatic rings. The Kier molecular flexibility index (Phi) is 5.17. The molecule has 0 atom stereocenters. The van der Waals surface area contributed by atoms with Crippen LogP contribution in [0.4, 0.5) is 10.8 Å². The van der Waals surface area contributed by atoms with Crippen LogP contribution >= 0.6 is 11.3 Å². The van der Waals surface area contributed by atoms with Gasteiger partial charge in [0, 0.05) is 14.1 Å². The summed E-state index contributed by atoms with van der Waals surface area (Å²) in [6.45, 7) is 3.86.